The van der Waals surface area contributed by atoms with Crippen molar-refractivity contribution in [3.8, 4) is 17.3 Å². The van der Waals surface area contributed by atoms with Crippen molar-refractivity contribution in [2.75, 3.05) is 0 Å². The number of Topliss-reactive ketones (excluding diaryl/α,β-unsaturated/α-hetero) is 1. The maximum atomic E-state index is 13.6. The number of allylic oxidation sites excluding steroid dienone is 1. The first kappa shape index (κ1) is 19.9. The minimum absolute atomic E-state index is 0.0170. The molecule has 0 unspecified atom stereocenters. The lowest BCUT2D eigenvalue weighted by atomic mass is 9.96. The van der Waals surface area contributed by atoms with E-state index < -0.39 is 5.97 Å². The molecule has 0 spiro atoms. The fourth-order valence-corrected chi connectivity index (χ4v) is 3.73. The summed E-state index contributed by atoms with van der Waals surface area (Å²) in [4.78, 5) is 24.6. The van der Waals surface area contributed by atoms with E-state index in [1.54, 1.807) is 12.1 Å². The summed E-state index contributed by atoms with van der Waals surface area (Å²) in [6.07, 6.45) is 1.49. The second-order valence-corrected chi connectivity index (χ2v) is 7.09. The number of rotatable bonds is 5. The maximum absolute atomic E-state index is 13.6. The first-order valence-electron chi connectivity index (χ1n) is 9.64. The molecule has 0 bridgehead atoms. The van der Waals surface area contributed by atoms with Gasteiger partial charge in [0.05, 0.1) is 16.8 Å². The highest BCUT2D eigenvalue weighted by Gasteiger charge is 2.24. The lowest BCUT2D eigenvalue weighted by Crippen LogP contribution is -2.05. The molecule has 0 saturated carbocycles. The number of para-hydroxylation sites is 1. The summed E-state index contributed by atoms with van der Waals surface area (Å²) in [5.74, 6) is -1.41. The highest BCUT2D eigenvalue weighted by atomic mass is 16.4. The molecule has 0 aliphatic rings. The standard InChI is InChI=1S/C26H18N2O3/c1-28-22-10-6-5-9-21(22)23(24(28)18-7-3-2-4-8-18)25(29)20(16-27)15-17-11-13-19(14-12-17)26(30)31/h2-15H,1H3,(H,30,31)/b20-15+. The van der Waals surface area contributed by atoms with Crippen LogP contribution in [0.15, 0.2) is 84.4 Å². The molecule has 4 aromatic rings. The number of ketones is 1. The average Bonchev–Trinajstić information content (AvgIpc) is 3.10. The zero-order valence-corrected chi connectivity index (χ0v) is 16.7. The van der Waals surface area contributed by atoms with Crippen LogP contribution in [0.4, 0.5) is 0 Å². The van der Waals surface area contributed by atoms with Crippen LogP contribution < -0.4 is 0 Å². The zero-order valence-electron chi connectivity index (χ0n) is 16.7. The number of fused-ring (bicyclic) bond motifs is 1. The van der Waals surface area contributed by atoms with Gasteiger partial charge >= 0.3 is 5.97 Å². The quantitative estimate of drug-likeness (QED) is 0.276. The van der Waals surface area contributed by atoms with Gasteiger partial charge in [0.25, 0.3) is 0 Å². The molecule has 150 valence electrons. The van der Waals surface area contributed by atoms with Crippen LogP contribution in [0, 0.1) is 11.3 Å². The van der Waals surface area contributed by atoms with Gasteiger partial charge in [0.2, 0.25) is 5.78 Å². The second-order valence-electron chi connectivity index (χ2n) is 7.09. The van der Waals surface area contributed by atoms with Crippen molar-refractivity contribution in [2.24, 2.45) is 7.05 Å². The number of carboxylic acids is 1. The van der Waals surface area contributed by atoms with Crippen molar-refractivity contribution in [3.05, 3.63) is 101 Å². The van der Waals surface area contributed by atoms with Crippen LogP contribution in [-0.4, -0.2) is 21.4 Å². The summed E-state index contributed by atoms with van der Waals surface area (Å²) in [7, 11) is 1.90. The van der Waals surface area contributed by atoms with Gasteiger partial charge in [-0.3, -0.25) is 4.79 Å². The minimum atomic E-state index is -1.03. The van der Waals surface area contributed by atoms with Gasteiger partial charge in [-0.25, -0.2) is 4.79 Å². The average molecular weight is 406 g/mol. The Morgan fingerprint density at radius 2 is 1.58 bits per heavy atom. The minimum Gasteiger partial charge on any atom is -0.478 e. The molecule has 0 aliphatic carbocycles. The smallest absolute Gasteiger partial charge is 0.335 e. The van der Waals surface area contributed by atoms with Crippen molar-refractivity contribution in [1.29, 1.82) is 5.26 Å². The predicted octanol–water partition coefficient (Wildman–Crippen LogP) is 5.33. The van der Waals surface area contributed by atoms with E-state index in [1.807, 2.05) is 72.3 Å². The van der Waals surface area contributed by atoms with Crippen LogP contribution in [0.3, 0.4) is 0 Å². The van der Waals surface area contributed by atoms with Crippen LogP contribution in [0.1, 0.15) is 26.3 Å². The van der Waals surface area contributed by atoms with Crippen LogP contribution >= 0.6 is 0 Å². The van der Waals surface area contributed by atoms with Crippen molar-refractivity contribution in [3.63, 3.8) is 0 Å². The van der Waals surface area contributed by atoms with Crippen LogP contribution in [0.5, 0.6) is 0 Å². The Kier molecular flexibility index (Phi) is 5.21. The van der Waals surface area contributed by atoms with E-state index in [0.717, 1.165) is 22.2 Å². The van der Waals surface area contributed by atoms with Gasteiger partial charge in [0.15, 0.2) is 0 Å². The van der Waals surface area contributed by atoms with Gasteiger partial charge < -0.3 is 9.67 Å². The Balaban J connectivity index is 1.88. The van der Waals surface area contributed by atoms with Crippen LogP contribution in [0.25, 0.3) is 28.2 Å². The number of nitriles is 1. The Morgan fingerprint density at radius 1 is 0.935 bits per heavy atom. The molecule has 1 N–H and O–H groups in total. The molecule has 3 aromatic carbocycles. The number of aryl methyl sites for hydroxylation is 1. The number of hydrogen-bond acceptors (Lipinski definition) is 3. The Morgan fingerprint density at radius 3 is 2.23 bits per heavy atom. The Hall–Kier alpha value is -4.43. The van der Waals surface area contributed by atoms with Gasteiger partial charge in [-0.05, 0) is 35.4 Å². The number of carboxylic acid groups (broad SMARTS) is 1. The number of carbonyl (C=O) groups excluding carboxylic acids is 1. The zero-order chi connectivity index (χ0) is 22.0. The lowest BCUT2D eigenvalue weighted by Gasteiger charge is -2.08. The van der Waals surface area contributed by atoms with E-state index in [1.165, 1.54) is 18.2 Å². The third-order valence-electron chi connectivity index (χ3n) is 5.21. The van der Waals surface area contributed by atoms with E-state index in [0.29, 0.717) is 11.1 Å². The molecule has 0 atom stereocenters. The summed E-state index contributed by atoms with van der Waals surface area (Å²) >= 11 is 0. The summed E-state index contributed by atoms with van der Waals surface area (Å²) in [5.41, 5.74) is 3.70. The van der Waals surface area contributed by atoms with Crippen molar-refractivity contribution in [1.82, 2.24) is 4.57 Å². The monoisotopic (exact) mass is 406 g/mol. The SMILES string of the molecule is Cn1c(-c2ccccc2)c(C(=O)/C(C#N)=C/c2ccc(C(=O)O)cc2)c2ccccc21. The van der Waals surface area contributed by atoms with E-state index in [4.69, 9.17) is 5.11 Å². The summed E-state index contributed by atoms with van der Waals surface area (Å²) in [6.45, 7) is 0. The Labute approximate surface area is 179 Å². The number of hydrogen-bond donors (Lipinski definition) is 1. The lowest BCUT2D eigenvalue weighted by molar-refractivity contribution is 0.0696. The fraction of sp³-hybridized carbons (Fsp3) is 0.0385. The molecule has 5 heteroatoms. The van der Waals surface area contributed by atoms with Crippen molar-refractivity contribution >= 4 is 28.7 Å². The van der Waals surface area contributed by atoms with Gasteiger partial charge in [-0.2, -0.15) is 5.26 Å². The van der Waals surface area contributed by atoms with Gasteiger partial charge in [0.1, 0.15) is 11.6 Å². The third kappa shape index (κ3) is 3.63. The van der Waals surface area contributed by atoms with Gasteiger partial charge in [-0.1, -0.05) is 60.7 Å². The fourth-order valence-electron chi connectivity index (χ4n) is 3.73. The van der Waals surface area contributed by atoms with E-state index in [-0.39, 0.29) is 16.9 Å². The first-order chi connectivity index (χ1) is 15.0. The second kappa shape index (κ2) is 8.13. The van der Waals surface area contributed by atoms with E-state index >= 15 is 0 Å². The summed E-state index contributed by atoms with van der Waals surface area (Å²) in [6, 6.07) is 25.3. The number of aromatic nitrogens is 1. The van der Waals surface area contributed by atoms with Gasteiger partial charge in [0, 0.05) is 18.0 Å². The first-order valence-corrected chi connectivity index (χ1v) is 9.64. The topological polar surface area (TPSA) is 83.1 Å². The van der Waals surface area contributed by atoms with Crippen LogP contribution in [-0.2, 0) is 7.05 Å². The largest absolute Gasteiger partial charge is 0.478 e. The van der Waals surface area contributed by atoms with Crippen LogP contribution in [0.2, 0.25) is 0 Å². The van der Waals surface area contributed by atoms with E-state index in [9.17, 15) is 14.9 Å². The highest BCUT2D eigenvalue weighted by molar-refractivity contribution is 6.23. The van der Waals surface area contributed by atoms with Crippen molar-refractivity contribution in [2.45, 2.75) is 0 Å². The molecule has 5 nitrogen and oxygen atoms in total. The van der Waals surface area contributed by atoms with Crippen molar-refractivity contribution < 1.29 is 14.7 Å². The molecular weight excluding hydrogens is 388 g/mol. The van der Waals surface area contributed by atoms with E-state index in [2.05, 4.69) is 0 Å². The molecule has 31 heavy (non-hydrogen) atoms. The maximum Gasteiger partial charge on any atom is 0.335 e. The number of benzene rings is 3. The number of aromatic carboxylic acids is 1. The summed E-state index contributed by atoms with van der Waals surface area (Å²) < 4.78 is 1.97. The molecule has 1 heterocycles. The number of carbonyl (C=O) groups is 2. The molecule has 0 amide bonds. The molecule has 0 fully saturated rings. The van der Waals surface area contributed by atoms with Gasteiger partial charge in [-0.15, -0.1) is 0 Å². The normalized spacial score (nSPS) is 11.3. The molecule has 1 aromatic heterocycles. The Bertz CT molecular complexity index is 1370. The number of nitrogens with zero attached hydrogens (tertiary/aromatic N) is 2. The molecule has 0 aliphatic heterocycles. The molecule has 4 rings (SSSR count). The molecule has 0 saturated heterocycles. The third-order valence-corrected chi connectivity index (χ3v) is 5.21. The summed E-state index contributed by atoms with van der Waals surface area (Å²) in [5, 5.41) is 19.6. The molecular formula is C26H18N2O3. The predicted molar refractivity (Wildman–Crippen MR) is 120 cm³/mol. The molecule has 0 radical (unpaired) electrons. The highest BCUT2D eigenvalue weighted by Crippen LogP contribution is 2.34.